The Hall–Kier alpha value is -0.870. The van der Waals surface area contributed by atoms with Crippen molar-refractivity contribution in [2.75, 3.05) is 0 Å². The fourth-order valence-corrected chi connectivity index (χ4v) is 3.12. The highest BCUT2D eigenvalue weighted by atomic mass is 15.3. The van der Waals surface area contributed by atoms with E-state index < -0.39 is 0 Å². The summed E-state index contributed by atoms with van der Waals surface area (Å²) in [6, 6.07) is 3.16. The first kappa shape index (κ1) is 12.2. The van der Waals surface area contributed by atoms with Crippen molar-refractivity contribution in [2.45, 2.75) is 64.0 Å². The van der Waals surface area contributed by atoms with Gasteiger partial charge in [0.15, 0.2) is 0 Å². The first-order chi connectivity index (χ1) is 8.71. The number of hydrazine groups is 1. The minimum Gasteiger partial charge on any atom is -0.271 e. The lowest BCUT2D eigenvalue weighted by molar-refractivity contribution is 0.354. The van der Waals surface area contributed by atoms with Crippen LogP contribution < -0.4 is 11.3 Å². The minimum atomic E-state index is 0.365. The molecule has 100 valence electrons. The predicted molar refractivity (Wildman–Crippen MR) is 71.9 cm³/mol. The maximum Gasteiger partial charge on any atom is 0.0640 e. The molecule has 0 aromatic carbocycles. The standard InChI is InChI=1S/C14H24N4/c1-14(7-8-14)13(16-15)10-11-6-9-18(17-11)12-4-2-3-5-12/h6,9,12-13,16H,2-5,7-8,10,15H2,1H3. The van der Waals surface area contributed by atoms with Gasteiger partial charge in [-0.15, -0.1) is 0 Å². The van der Waals surface area contributed by atoms with Crippen LogP contribution in [0.15, 0.2) is 12.3 Å². The lowest BCUT2D eigenvalue weighted by atomic mass is 9.95. The van der Waals surface area contributed by atoms with Crippen LogP contribution >= 0.6 is 0 Å². The van der Waals surface area contributed by atoms with E-state index in [9.17, 15) is 0 Å². The van der Waals surface area contributed by atoms with E-state index in [-0.39, 0.29) is 0 Å². The van der Waals surface area contributed by atoms with E-state index in [0.717, 1.165) is 6.42 Å². The molecule has 0 saturated heterocycles. The quantitative estimate of drug-likeness (QED) is 0.620. The molecule has 3 rings (SSSR count). The maximum atomic E-state index is 5.69. The number of nitrogens with zero attached hydrogens (tertiary/aromatic N) is 2. The number of nitrogens with two attached hydrogens (primary N) is 1. The van der Waals surface area contributed by atoms with Crippen LogP contribution in [0, 0.1) is 5.41 Å². The fraction of sp³-hybridized carbons (Fsp3) is 0.786. The number of hydrogen-bond donors (Lipinski definition) is 2. The number of rotatable bonds is 5. The summed E-state index contributed by atoms with van der Waals surface area (Å²) in [4.78, 5) is 0. The molecule has 2 fully saturated rings. The zero-order chi connectivity index (χ0) is 12.6. The molecule has 1 heterocycles. The molecule has 4 nitrogen and oxygen atoms in total. The van der Waals surface area contributed by atoms with Crippen molar-refractivity contribution in [3.8, 4) is 0 Å². The van der Waals surface area contributed by atoms with Gasteiger partial charge in [0.2, 0.25) is 0 Å². The Morgan fingerprint density at radius 3 is 2.83 bits per heavy atom. The van der Waals surface area contributed by atoms with Crippen LogP contribution in [0.3, 0.4) is 0 Å². The van der Waals surface area contributed by atoms with E-state index >= 15 is 0 Å². The minimum absolute atomic E-state index is 0.365. The molecule has 2 saturated carbocycles. The zero-order valence-electron chi connectivity index (χ0n) is 11.2. The Bertz CT molecular complexity index is 402. The summed E-state index contributed by atoms with van der Waals surface area (Å²) in [5, 5.41) is 4.74. The molecule has 18 heavy (non-hydrogen) atoms. The first-order valence-electron chi connectivity index (χ1n) is 7.21. The van der Waals surface area contributed by atoms with Gasteiger partial charge in [0.1, 0.15) is 0 Å². The van der Waals surface area contributed by atoms with Crippen molar-refractivity contribution >= 4 is 0 Å². The lowest BCUT2D eigenvalue weighted by Gasteiger charge is -2.21. The monoisotopic (exact) mass is 248 g/mol. The van der Waals surface area contributed by atoms with Crippen molar-refractivity contribution in [3.05, 3.63) is 18.0 Å². The van der Waals surface area contributed by atoms with E-state index in [1.165, 1.54) is 44.2 Å². The second-order valence-corrected chi connectivity index (χ2v) is 6.30. The fourth-order valence-electron chi connectivity index (χ4n) is 3.12. The molecule has 0 spiro atoms. The molecule has 3 N–H and O–H groups in total. The Morgan fingerprint density at radius 2 is 2.22 bits per heavy atom. The highest BCUT2D eigenvalue weighted by Gasteiger charge is 2.44. The van der Waals surface area contributed by atoms with E-state index in [4.69, 9.17) is 10.9 Å². The smallest absolute Gasteiger partial charge is 0.0640 e. The third kappa shape index (κ3) is 2.31. The highest BCUT2D eigenvalue weighted by molar-refractivity contribution is 5.08. The summed E-state index contributed by atoms with van der Waals surface area (Å²) in [7, 11) is 0. The molecule has 0 bridgehead atoms. The third-order valence-electron chi connectivity index (χ3n) is 4.86. The molecular weight excluding hydrogens is 224 g/mol. The molecule has 0 aliphatic heterocycles. The van der Waals surface area contributed by atoms with E-state index in [1.807, 2.05) is 0 Å². The van der Waals surface area contributed by atoms with Gasteiger partial charge in [-0.25, -0.2) is 0 Å². The van der Waals surface area contributed by atoms with Crippen molar-refractivity contribution < 1.29 is 0 Å². The second kappa shape index (κ2) is 4.67. The Kier molecular flexibility index (Phi) is 3.16. The molecular formula is C14H24N4. The number of hydrogen-bond acceptors (Lipinski definition) is 3. The molecule has 4 heteroatoms. The van der Waals surface area contributed by atoms with E-state index in [0.29, 0.717) is 17.5 Å². The summed E-state index contributed by atoms with van der Waals surface area (Å²) in [5.74, 6) is 5.69. The van der Waals surface area contributed by atoms with Gasteiger partial charge in [-0.2, -0.15) is 5.10 Å². The van der Waals surface area contributed by atoms with Crippen LogP contribution in [0.5, 0.6) is 0 Å². The second-order valence-electron chi connectivity index (χ2n) is 6.30. The van der Waals surface area contributed by atoms with Crippen molar-refractivity contribution in [3.63, 3.8) is 0 Å². The summed E-state index contributed by atoms with van der Waals surface area (Å²) in [6.45, 7) is 2.31. The van der Waals surface area contributed by atoms with Gasteiger partial charge < -0.3 is 0 Å². The maximum absolute atomic E-state index is 5.69. The Labute approximate surface area is 109 Å². The van der Waals surface area contributed by atoms with Gasteiger partial charge in [-0.05, 0) is 37.2 Å². The molecule has 0 amide bonds. The first-order valence-corrected chi connectivity index (χ1v) is 7.21. The molecule has 2 aliphatic carbocycles. The molecule has 1 aromatic rings. The van der Waals surface area contributed by atoms with Gasteiger partial charge in [-0.1, -0.05) is 19.8 Å². The van der Waals surface area contributed by atoms with Crippen molar-refractivity contribution in [1.82, 2.24) is 15.2 Å². The number of aromatic nitrogens is 2. The average Bonchev–Trinajstić information content (AvgIpc) is 2.87. The van der Waals surface area contributed by atoms with Gasteiger partial charge in [0.25, 0.3) is 0 Å². The van der Waals surface area contributed by atoms with Crippen LogP contribution in [0.4, 0.5) is 0 Å². The summed E-state index contributed by atoms with van der Waals surface area (Å²) in [6.07, 6.45) is 10.9. The van der Waals surface area contributed by atoms with Gasteiger partial charge in [0, 0.05) is 18.7 Å². The average molecular weight is 248 g/mol. The normalized spacial score (nSPS) is 24.3. The van der Waals surface area contributed by atoms with Crippen LogP contribution in [-0.4, -0.2) is 15.8 Å². The molecule has 1 aromatic heterocycles. The van der Waals surface area contributed by atoms with E-state index in [1.54, 1.807) is 0 Å². The zero-order valence-corrected chi connectivity index (χ0v) is 11.2. The van der Waals surface area contributed by atoms with Crippen LogP contribution in [0.2, 0.25) is 0 Å². The topological polar surface area (TPSA) is 55.9 Å². The Balaban J connectivity index is 1.65. The largest absolute Gasteiger partial charge is 0.271 e. The van der Waals surface area contributed by atoms with E-state index in [2.05, 4.69) is 29.3 Å². The SMILES string of the molecule is CC1(C(Cc2ccn(C3CCCC3)n2)NN)CC1. The van der Waals surface area contributed by atoms with Crippen LogP contribution in [0.25, 0.3) is 0 Å². The molecule has 0 radical (unpaired) electrons. The molecule has 2 aliphatic rings. The van der Waals surface area contributed by atoms with Gasteiger partial charge in [0.05, 0.1) is 11.7 Å². The number of nitrogens with one attached hydrogen (secondary N) is 1. The summed E-state index contributed by atoms with van der Waals surface area (Å²) < 4.78 is 2.17. The predicted octanol–water partition coefficient (Wildman–Crippen LogP) is 2.17. The van der Waals surface area contributed by atoms with Gasteiger partial charge >= 0.3 is 0 Å². The van der Waals surface area contributed by atoms with Crippen LogP contribution in [-0.2, 0) is 6.42 Å². The lowest BCUT2D eigenvalue weighted by Crippen LogP contribution is -2.42. The highest BCUT2D eigenvalue weighted by Crippen LogP contribution is 2.48. The van der Waals surface area contributed by atoms with Gasteiger partial charge in [-0.3, -0.25) is 16.0 Å². The van der Waals surface area contributed by atoms with Crippen molar-refractivity contribution in [2.24, 2.45) is 11.3 Å². The third-order valence-corrected chi connectivity index (χ3v) is 4.86. The molecule has 1 atom stereocenters. The summed E-state index contributed by atoms with van der Waals surface area (Å²) in [5.41, 5.74) is 4.56. The Morgan fingerprint density at radius 1 is 1.50 bits per heavy atom. The van der Waals surface area contributed by atoms with Crippen molar-refractivity contribution in [1.29, 1.82) is 0 Å². The van der Waals surface area contributed by atoms with Crippen LogP contribution in [0.1, 0.15) is 57.2 Å². The molecule has 1 unspecified atom stereocenters. The summed E-state index contributed by atoms with van der Waals surface area (Å²) >= 11 is 0.